The van der Waals surface area contributed by atoms with E-state index in [0.29, 0.717) is 16.3 Å². The molecule has 0 unspecified atom stereocenters. The summed E-state index contributed by atoms with van der Waals surface area (Å²) < 4.78 is 25.9. The number of rotatable bonds is 4. The third-order valence-corrected chi connectivity index (χ3v) is 5.58. The van der Waals surface area contributed by atoms with Gasteiger partial charge in [-0.1, -0.05) is 22.7 Å². The summed E-state index contributed by atoms with van der Waals surface area (Å²) >= 11 is 1.67. The number of nitrogens with one attached hydrogen (secondary N) is 1. The summed E-state index contributed by atoms with van der Waals surface area (Å²) in [4.78, 5) is 9.88. The van der Waals surface area contributed by atoms with Gasteiger partial charge >= 0.3 is 5.69 Å². The van der Waals surface area contributed by atoms with Crippen LogP contribution in [0.2, 0.25) is 0 Å². The van der Waals surface area contributed by atoms with Gasteiger partial charge in [0.1, 0.15) is 9.22 Å². The molecule has 0 saturated heterocycles. The molecule has 0 radical (unpaired) electrons. The first-order valence-corrected chi connectivity index (χ1v) is 7.78. The predicted octanol–water partition coefficient (Wildman–Crippen LogP) is 1.20. The van der Waals surface area contributed by atoms with E-state index in [4.69, 9.17) is 5.73 Å². The van der Waals surface area contributed by atoms with Gasteiger partial charge in [0, 0.05) is 6.07 Å². The normalized spacial score (nSPS) is 11.4. The monoisotopic (exact) mass is 321 g/mol. The number of anilines is 2. The number of nitro groups is 1. The molecule has 0 fully saturated rings. The van der Waals surface area contributed by atoms with Gasteiger partial charge < -0.3 is 5.73 Å². The molecule has 0 aliphatic rings. The highest BCUT2D eigenvalue weighted by Crippen LogP contribution is 2.35. The lowest BCUT2D eigenvalue weighted by Crippen LogP contribution is -2.11. The Hall–Kier alpha value is -1.79. The van der Waals surface area contributed by atoms with Crippen molar-refractivity contribution in [2.24, 2.45) is 0 Å². The zero-order valence-corrected chi connectivity index (χ0v) is 11.8. The second-order valence-electron chi connectivity index (χ2n) is 3.30. The quantitative estimate of drug-likeness (QED) is 0.636. The Morgan fingerprint density at radius 3 is 2.58 bits per heavy atom. The lowest BCUT2D eigenvalue weighted by molar-refractivity contribution is -0.383. The van der Waals surface area contributed by atoms with Crippen LogP contribution < -0.4 is 10.5 Å². The van der Waals surface area contributed by atoms with Crippen LogP contribution >= 0.6 is 22.7 Å². The van der Waals surface area contributed by atoms with Crippen molar-refractivity contribution in [3.8, 4) is 0 Å². The van der Waals surface area contributed by atoms with E-state index in [1.54, 1.807) is 6.92 Å². The summed E-state index contributed by atoms with van der Waals surface area (Å²) in [5, 5.41) is 18.4. The fraction of sp³-hybridized carbons (Fsp3) is 0.143. The van der Waals surface area contributed by atoms with E-state index in [0.717, 1.165) is 17.4 Å². The van der Waals surface area contributed by atoms with Gasteiger partial charge in [-0.2, -0.15) is 0 Å². The van der Waals surface area contributed by atoms with E-state index < -0.39 is 20.6 Å². The molecule has 0 aliphatic heterocycles. The average Bonchev–Trinajstić information content (AvgIpc) is 2.84. The molecule has 2 aromatic heterocycles. The minimum Gasteiger partial charge on any atom is -0.385 e. The Bertz CT molecular complexity index is 734. The smallest absolute Gasteiger partial charge is 0.304 e. The first-order valence-electron chi connectivity index (χ1n) is 4.66. The van der Waals surface area contributed by atoms with Crippen LogP contribution in [-0.4, -0.2) is 23.5 Å². The maximum Gasteiger partial charge on any atom is 0.304 e. The molecule has 2 aromatic rings. The number of hydrogen-bond donors (Lipinski definition) is 2. The molecule has 0 saturated carbocycles. The number of aromatic nitrogens is 2. The van der Waals surface area contributed by atoms with Crippen LogP contribution in [0.5, 0.6) is 0 Å². The lowest BCUT2D eigenvalue weighted by atomic mass is 10.5. The fourth-order valence-corrected chi connectivity index (χ4v) is 4.19. The molecule has 0 aromatic carbocycles. The zero-order chi connectivity index (χ0) is 14.2. The maximum absolute atomic E-state index is 12.0. The Kier molecular flexibility index (Phi) is 3.38. The topological polar surface area (TPSA) is 141 Å². The Morgan fingerprint density at radius 1 is 1.42 bits per heavy atom. The summed E-state index contributed by atoms with van der Waals surface area (Å²) in [5.74, 6) is 0. The standard InChI is InChI=1S/C7H7N5O4S3/c1-3-9-10-7(17-3)11-19(15,16)5-2-4(12(13)14)6(8)18-5/h2H,8H2,1H3,(H,10,11). The van der Waals surface area contributed by atoms with Crippen LogP contribution in [0.3, 0.4) is 0 Å². The number of aryl methyl sites for hydroxylation is 1. The third kappa shape index (κ3) is 2.80. The van der Waals surface area contributed by atoms with Crippen molar-refractivity contribution in [1.82, 2.24) is 10.2 Å². The lowest BCUT2D eigenvalue weighted by Gasteiger charge is -1.99. The number of nitrogens with zero attached hydrogens (tertiary/aromatic N) is 3. The van der Waals surface area contributed by atoms with Gasteiger partial charge in [0.05, 0.1) is 4.92 Å². The summed E-state index contributed by atoms with van der Waals surface area (Å²) in [6, 6.07) is 0.913. The van der Waals surface area contributed by atoms with E-state index in [1.807, 2.05) is 0 Å². The molecule has 19 heavy (non-hydrogen) atoms. The van der Waals surface area contributed by atoms with Crippen molar-refractivity contribution in [2.45, 2.75) is 11.1 Å². The highest BCUT2D eigenvalue weighted by atomic mass is 32.2. The van der Waals surface area contributed by atoms with Crippen LogP contribution in [0.4, 0.5) is 15.8 Å². The molecule has 2 rings (SSSR count). The van der Waals surface area contributed by atoms with Crippen LogP contribution in [-0.2, 0) is 10.0 Å². The molecule has 0 aliphatic carbocycles. The molecule has 0 amide bonds. The number of thiophene rings is 1. The van der Waals surface area contributed by atoms with Gasteiger partial charge in [-0.3, -0.25) is 14.8 Å². The highest BCUT2D eigenvalue weighted by Gasteiger charge is 2.25. The fourth-order valence-electron chi connectivity index (χ4n) is 1.15. The molecule has 0 atom stereocenters. The van der Waals surface area contributed by atoms with Crippen molar-refractivity contribution < 1.29 is 13.3 Å². The van der Waals surface area contributed by atoms with Gasteiger partial charge in [0.15, 0.2) is 5.00 Å². The first kappa shape index (κ1) is 13.6. The van der Waals surface area contributed by atoms with Gasteiger partial charge in [0.2, 0.25) is 5.13 Å². The third-order valence-electron chi connectivity index (χ3n) is 1.93. The minimum atomic E-state index is -3.94. The molecular formula is C7H7N5O4S3. The number of nitrogens with two attached hydrogens (primary N) is 1. The average molecular weight is 321 g/mol. The molecule has 2 heterocycles. The van der Waals surface area contributed by atoms with Crippen molar-refractivity contribution in [1.29, 1.82) is 0 Å². The zero-order valence-electron chi connectivity index (χ0n) is 9.35. The van der Waals surface area contributed by atoms with E-state index in [-0.39, 0.29) is 14.3 Å². The SMILES string of the molecule is Cc1nnc(NS(=O)(=O)c2cc([N+](=O)[O-])c(N)s2)s1. The largest absolute Gasteiger partial charge is 0.385 e. The van der Waals surface area contributed by atoms with Crippen LogP contribution in [0.15, 0.2) is 10.3 Å². The van der Waals surface area contributed by atoms with Crippen LogP contribution in [0.25, 0.3) is 0 Å². The van der Waals surface area contributed by atoms with Crippen molar-refractivity contribution >= 4 is 48.5 Å². The maximum atomic E-state index is 12.0. The Balaban J connectivity index is 2.34. The summed E-state index contributed by atoms with van der Waals surface area (Å²) in [7, 11) is -3.94. The van der Waals surface area contributed by atoms with E-state index >= 15 is 0 Å². The molecular weight excluding hydrogens is 314 g/mol. The van der Waals surface area contributed by atoms with Gasteiger partial charge in [-0.05, 0) is 6.92 Å². The number of sulfonamides is 1. The molecule has 102 valence electrons. The second kappa shape index (κ2) is 4.71. The molecule has 3 N–H and O–H groups in total. The van der Waals surface area contributed by atoms with E-state index in [9.17, 15) is 18.5 Å². The summed E-state index contributed by atoms with van der Waals surface area (Å²) in [6.45, 7) is 1.67. The van der Waals surface area contributed by atoms with Crippen LogP contribution in [0.1, 0.15) is 5.01 Å². The predicted molar refractivity (Wildman–Crippen MR) is 70.8 cm³/mol. The molecule has 0 bridgehead atoms. The Morgan fingerprint density at radius 2 is 2.11 bits per heavy atom. The van der Waals surface area contributed by atoms with Gasteiger partial charge in [-0.15, -0.1) is 10.2 Å². The summed E-state index contributed by atoms with van der Waals surface area (Å²) in [5.41, 5.74) is 4.96. The van der Waals surface area contributed by atoms with Gasteiger partial charge in [-0.25, -0.2) is 8.42 Å². The first-order chi connectivity index (χ1) is 8.79. The van der Waals surface area contributed by atoms with Crippen LogP contribution in [0, 0.1) is 17.0 Å². The molecule has 0 spiro atoms. The molecule has 12 heteroatoms. The highest BCUT2D eigenvalue weighted by molar-refractivity contribution is 7.95. The Labute approximate surface area is 115 Å². The van der Waals surface area contributed by atoms with Crippen molar-refractivity contribution in [2.75, 3.05) is 10.5 Å². The van der Waals surface area contributed by atoms with E-state index in [2.05, 4.69) is 14.9 Å². The number of nitrogen functional groups attached to an aromatic ring is 1. The number of hydrogen-bond acceptors (Lipinski definition) is 9. The second-order valence-corrected chi connectivity index (χ2v) is 7.48. The van der Waals surface area contributed by atoms with Gasteiger partial charge in [0.25, 0.3) is 10.0 Å². The van der Waals surface area contributed by atoms with Crippen molar-refractivity contribution in [3.05, 3.63) is 21.2 Å². The van der Waals surface area contributed by atoms with E-state index in [1.165, 1.54) is 0 Å². The minimum absolute atomic E-state index is 0.0899. The molecule has 9 nitrogen and oxygen atoms in total. The summed E-state index contributed by atoms with van der Waals surface area (Å²) in [6.07, 6.45) is 0. The van der Waals surface area contributed by atoms with Crippen molar-refractivity contribution in [3.63, 3.8) is 0 Å².